The van der Waals surface area contributed by atoms with Crippen LogP contribution in [0.5, 0.6) is 17.2 Å². The zero-order valence-corrected chi connectivity index (χ0v) is 16.7. The Kier molecular flexibility index (Phi) is 7.43. The number of nitrogens with one attached hydrogen (secondary N) is 2. The van der Waals surface area contributed by atoms with E-state index in [1.807, 2.05) is 6.07 Å². The summed E-state index contributed by atoms with van der Waals surface area (Å²) in [5.74, 6) is 1.94. The third-order valence-electron chi connectivity index (χ3n) is 3.56. The SMILES string of the molecule is COc1ccc(OC)c(NC(=S)NC(=O)c2cccc(OCC(C)C)c2)c1. The Bertz CT molecular complexity index is 808. The highest BCUT2D eigenvalue weighted by atomic mass is 32.1. The second-order valence-corrected chi connectivity index (χ2v) is 6.62. The van der Waals surface area contributed by atoms with Crippen LogP contribution in [0.25, 0.3) is 0 Å². The predicted molar refractivity (Wildman–Crippen MR) is 110 cm³/mol. The zero-order valence-electron chi connectivity index (χ0n) is 15.9. The van der Waals surface area contributed by atoms with Gasteiger partial charge in [-0.05, 0) is 48.5 Å². The summed E-state index contributed by atoms with van der Waals surface area (Å²) in [5, 5.41) is 5.76. The van der Waals surface area contributed by atoms with Gasteiger partial charge in [-0.2, -0.15) is 0 Å². The predicted octanol–water partition coefficient (Wildman–Crippen LogP) is 3.87. The average Bonchev–Trinajstić information content (AvgIpc) is 2.66. The Labute approximate surface area is 164 Å². The van der Waals surface area contributed by atoms with Crippen molar-refractivity contribution in [3.05, 3.63) is 48.0 Å². The van der Waals surface area contributed by atoms with E-state index in [0.717, 1.165) is 0 Å². The van der Waals surface area contributed by atoms with Crippen molar-refractivity contribution in [3.8, 4) is 17.2 Å². The molecule has 0 atom stereocenters. The average molecular weight is 388 g/mol. The van der Waals surface area contributed by atoms with Crippen molar-refractivity contribution < 1.29 is 19.0 Å². The van der Waals surface area contributed by atoms with E-state index in [-0.39, 0.29) is 11.0 Å². The molecule has 2 N–H and O–H groups in total. The molecule has 7 heteroatoms. The highest BCUT2D eigenvalue weighted by Crippen LogP contribution is 2.28. The van der Waals surface area contributed by atoms with Crippen molar-refractivity contribution in [1.82, 2.24) is 5.32 Å². The first kappa shape index (κ1) is 20.5. The van der Waals surface area contributed by atoms with E-state index in [0.29, 0.717) is 41.0 Å². The fourth-order valence-corrected chi connectivity index (χ4v) is 2.43. The van der Waals surface area contributed by atoms with Crippen LogP contribution in [0.3, 0.4) is 0 Å². The number of amides is 1. The van der Waals surface area contributed by atoms with Gasteiger partial charge in [-0.15, -0.1) is 0 Å². The van der Waals surface area contributed by atoms with Crippen LogP contribution < -0.4 is 24.8 Å². The summed E-state index contributed by atoms with van der Waals surface area (Å²) in [6, 6.07) is 12.2. The van der Waals surface area contributed by atoms with Crippen molar-refractivity contribution in [2.45, 2.75) is 13.8 Å². The zero-order chi connectivity index (χ0) is 19.8. The number of carbonyl (C=O) groups excluding carboxylic acids is 1. The van der Waals surface area contributed by atoms with Crippen molar-refractivity contribution in [2.24, 2.45) is 5.92 Å². The second kappa shape index (κ2) is 9.78. The minimum absolute atomic E-state index is 0.153. The molecular formula is C20H24N2O4S. The smallest absolute Gasteiger partial charge is 0.257 e. The number of benzene rings is 2. The molecule has 2 rings (SSSR count). The van der Waals surface area contributed by atoms with Gasteiger partial charge < -0.3 is 19.5 Å². The van der Waals surface area contributed by atoms with Crippen LogP contribution in [0.1, 0.15) is 24.2 Å². The summed E-state index contributed by atoms with van der Waals surface area (Å²) in [6.45, 7) is 4.71. The molecule has 0 saturated carbocycles. The van der Waals surface area contributed by atoms with E-state index in [9.17, 15) is 4.79 Å². The summed E-state index contributed by atoms with van der Waals surface area (Å²) in [5.41, 5.74) is 1.05. The normalized spacial score (nSPS) is 10.3. The van der Waals surface area contributed by atoms with E-state index in [4.69, 9.17) is 26.4 Å². The molecule has 0 unspecified atom stereocenters. The van der Waals surface area contributed by atoms with Crippen LogP contribution in [0.2, 0.25) is 0 Å². The Morgan fingerprint density at radius 1 is 1.07 bits per heavy atom. The number of hydrogen-bond acceptors (Lipinski definition) is 5. The van der Waals surface area contributed by atoms with Gasteiger partial charge in [0.2, 0.25) is 0 Å². The van der Waals surface area contributed by atoms with Gasteiger partial charge in [0.1, 0.15) is 17.2 Å². The van der Waals surface area contributed by atoms with Crippen molar-refractivity contribution >= 4 is 28.9 Å². The molecule has 0 aromatic heterocycles. The maximum Gasteiger partial charge on any atom is 0.257 e. The van der Waals surface area contributed by atoms with Gasteiger partial charge in [-0.1, -0.05) is 19.9 Å². The Balaban J connectivity index is 2.04. The Hall–Kier alpha value is -2.80. The third kappa shape index (κ3) is 6.14. The van der Waals surface area contributed by atoms with Crippen molar-refractivity contribution in [1.29, 1.82) is 0 Å². The third-order valence-corrected chi connectivity index (χ3v) is 3.77. The molecule has 0 bridgehead atoms. The molecule has 2 aromatic carbocycles. The van der Waals surface area contributed by atoms with Crippen LogP contribution >= 0.6 is 12.2 Å². The second-order valence-electron chi connectivity index (χ2n) is 6.21. The number of rotatable bonds is 7. The molecule has 0 heterocycles. The first-order valence-electron chi connectivity index (χ1n) is 8.50. The number of anilines is 1. The van der Waals surface area contributed by atoms with Crippen LogP contribution in [-0.2, 0) is 0 Å². The first-order valence-corrected chi connectivity index (χ1v) is 8.91. The van der Waals surface area contributed by atoms with Gasteiger partial charge in [0.15, 0.2) is 5.11 Å². The molecule has 144 valence electrons. The Morgan fingerprint density at radius 2 is 1.85 bits per heavy atom. The molecule has 1 amide bonds. The molecule has 0 aliphatic rings. The van der Waals surface area contributed by atoms with E-state index < -0.39 is 0 Å². The van der Waals surface area contributed by atoms with Crippen LogP contribution in [0.4, 0.5) is 5.69 Å². The lowest BCUT2D eigenvalue weighted by Gasteiger charge is -2.14. The maximum absolute atomic E-state index is 12.5. The molecule has 0 spiro atoms. The highest BCUT2D eigenvalue weighted by Gasteiger charge is 2.12. The van der Waals surface area contributed by atoms with Crippen LogP contribution in [0.15, 0.2) is 42.5 Å². The van der Waals surface area contributed by atoms with Gasteiger partial charge in [0, 0.05) is 11.6 Å². The summed E-state index contributed by atoms with van der Waals surface area (Å²) in [4.78, 5) is 12.5. The van der Waals surface area contributed by atoms with Gasteiger partial charge >= 0.3 is 0 Å². The van der Waals surface area contributed by atoms with Gasteiger partial charge in [0.05, 0.1) is 26.5 Å². The quantitative estimate of drug-likeness (QED) is 0.702. The standard InChI is InChI=1S/C20H24N2O4S/c1-13(2)12-26-16-7-5-6-14(10-16)19(23)22-20(27)21-17-11-15(24-3)8-9-18(17)25-4/h5-11,13H,12H2,1-4H3,(H2,21,22,23,27). The molecule has 0 saturated heterocycles. The summed E-state index contributed by atoms with van der Waals surface area (Å²) >= 11 is 5.25. The summed E-state index contributed by atoms with van der Waals surface area (Å²) < 4.78 is 16.1. The molecular weight excluding hydrogens is 364 g/mol. The lowest BCUT2D eigenvalue weighted by molar-refractivity contribution is 0.0977. The molecule has 6 nitrogen and oxygen atoms in total. The van der Waals surface area contributed by atoms with Gasteiger partial charge in [0.25, 0.3) is 5.91 Å². The van der Waals surface area contributed by atoms with E-state index >= 15 is 0 Å². The number of methoxy groups -OCH3 is 2. The molecule has 27 heavy (non-hydrogen) atoms. The van der Waals surface area contributed by atoms with E-state index in [2.05, 4.69) is 24.5 Å². The van der Waals surface area contributed by atoms with Crippen LogP contribution in [0, 0.1) is 5.92 Å². The summed E-state index contributed by atoms with van der Waals surface area (Å²) in [6.07, 6.45) is 0. The first-order chi connectivity index (χ1) is 12.9. The topological polar surface area (TPSA) is 68.8 Å². The lowest BCUT2D eigenvalue weighted by atomic mass is 10.2. The molecule has 0 aliphatic carbocycles. The Morgan fingerprint density at radius 3 is 2.52 bits per heavy atom. The number of ether oxygens (including phenoxy) is 3. The molecule has 2 aromatic rings. The minimum atomic E-state index is -0.329. The van der Waals surface area contributed by atoms with Crippen LogP contribution in [-0.4, -0.2) is 31.8 Å². The monoisotopic (exact) mass is 388 g/mol. The fourth-order valence-electron chi connectivity index (χ4n) is 2.23. The van der Waals surface area contributed by atoms with Crippen molar-refractivity contribution in [2.75, 3.05) is 26.1 Å². The highest BCUT2D eigenvalue weighted by molar-refractivity contribution is 7.80. The maximum atomic E-state index is 12.5. The van der Waals surface area contributed by atoms with Crippen molar-refractivity contribution in [3.63, 3.8) is 0 Å². The lowest BCUT2D eigenvalue weighted by Crippen LogP contribution is -2.34. The number of thiocarbonyl (C=S) groups is 1. The van der Waals surface area contributed by atoms with Gasteiger partial charge in [-0.25, -0.2) is 0 Å². The van der Waals surface area contributed by atoms with Gasteiger partial charge in [-0.3, -0.25) is 10.1 Å². The number of hydrogen-bond donors (Lipinski definition) is 2. The van der Waals surface area contributed by atoms with E-state index in [1.165, 1.54) is 0 Å². The van der Waals surface area contributed by atoms with E-state index in [1.54, 1.807) is 50.6 Å². The summed E-state index contributed by atoms with van der Waals surface area (Å²) in [7, 11) is 3.12. The largest absolute Gasteiger partial charge is 0.497 e. The minimum Gasteiger partial charge on any atom is -0.497 e. The molecule has 0 fully saturated rings. The molecule has 0 aliphatic heterocycles. The molecule has 0 radical (unpaired) electrons. The number of carbonyl (C=O) groups is 1. The fraction of sp³-hybridized carbons (Fsp3) is 0.300.